The van der Waals surface area contributed by atoms with Gasteiger partial charge in [0.1, 0.15) is 6.10 Å². The molecule has 1 saturated heterocycles. The number of fused-ring (bicyclic) bond motifs is 1. The molecule has 0 aromatic rings. The fourth-order valence-electron chi connectivity index (χ4n) is 5.28. The first-order chi connectivity index (χ1) is 14.0. The third-order valence-corrected chi connectivity index (χ3v) is 6.85. The van der Waals surface area contributed by atoms with E-state index in [0.717, 1.165) is 32.3 Å². The molecule has 2 N–H and O–H groups in total. The molecule has 5 heteroatoms. The largest absolute Gasteiger partial charge is 0.462 e. The summed E-state index contributed by atoms with van der Waals surface area (Å²) in [7, 11) is 0. The number of unbranched alkanes of at least 4 members (excludes halogenated alkanes) is 2. The summed E-state index contributed by atoms with van der Waals surface area (Å²) in [4.78, 5) is 11.7. The van der Waals surface area contributed by atoms with Crippen molar-refractivity contribution in [2.24, 2.45) is 23.7 Å². The fourth-order valence-corrected chi connectivity index (χ4v) is 5.28. The Bertz CT molecular complexity index is 598. The standard InChI is InChI=1S/C24H38O5/c1-3-4-5-10-28-22-12-17(15-25)11-18-7-6-16(2)21(24(18)22)9-8-20-13-19(26)14-23(27)29-20/h6-7,11,16-17,19-22,24-26H,3-5,8-10,12-15H2,1-2H3/t16-,17+,19+,20+,21-,22-,24-/m0/s1. The summed E-state index contributed by atoms with van der Waals surface area (Å²) >= 11 is 0. The van der Waals surface area contributed by atoms with Crippen molar-refractivity contribution < 1.29 is 24.5 Å². The lowest BCUT2D eigenvalue weighted by molar-refractivity contribution is -0.160. The van der Waals surface area contributed by atoms with E-state index in [1.807, 2.05) is 0 Å². The van der Waals surface area contributed by atoms with Crippen LogP contribution in [0.1, 0.15) is 65.2 Å². The summed E-state index contributed by atoms with van der Waals surface area (Å²) in [5.41, 5.74) is 1.29. The lowest BCUT2D eigenvalue weighted by atomic mass is 9.65. The molecule has 2 aliphatic carbocycles. The Morgan fingerprint density at radius 3 is 2.79 bits per heavy atom. The highest BCUT2D eigenvalue weighted by molar-refractivity contribution is 5.70. The smallest absolute Gasteiger partial charge is 0.308 e. The average molecular weight is 407 g/mol. The van der Waals surface area contributed by atoms with Crippen molar-refractivity contribution in [2.75, 3.05) is 13.2 Å². The van der Waals surface area contributed by atoms with Crippen LogP contribution in [0.2, 0.25) is 0 Å². The number of carbonyl (C=O) groups excluding carboxylic acids is 1. The molecule has 164 valence electrons. The summed E-state index contributed by atoms with van der Waals surface area (Å²) in [5.74, 6) is 1.04. The van der Waals surface area contributed by atoms with Gasteiger partial charge in [0, 0.05) is 31.5 Å². The topological polar surface area (TPSA) is 76.0 Å². The number of hydrogen-bond acceptors (Lipinski definition) is 5. The first kappa shape index (κ1) is 22.5. The Hall–Kier alpha value is -1.17. The molecule has 0 aromatic carbocycles. The molecule has 0 bridgehead atoms. The number of hydrogen-bond donors (Lipinski definition) is 2. The van der Waals surface area contributed by atoms with E-state index in [0.29, 0.717) is 24.2 Å². The molecule has 1 aliphatic heterocycles. The predicted molar refractivity (Wildman–Crippen MR) is 112 cm³/mol. The Labute approximate surface area is 175 Å². The Morgan fingerprint density at radius 2 is 2.07 bits per heavy atom. The van der Waals surface area contributed by atoms with Crippen LogP contribution in [-0.2, 0) is 14.3 Å². The molecule has 0 unspecified atom stereocenters. The van der Waals surface area contributed by atoms with Crippen molar-refractivity contribution >= 4 is 5.97 Å². The van der Waals surface area contributed by atoms with Crippen LogP contribution >= 0.6 is 0 Å². The number of aliphatic hydroxyl groups excluding tert-OH is 2. The van der Waals surface area contributed by atoms with Crippen molar-refractivity contribution in [3.05, 3.63) is 23.8 Å². The zero-order chi connectivity index (χ0) is 20.8. The van der Waals surface area contributed by atoms with Crippen LogP contribution in [-0.4, -0.2) is 47.7 Å². The lowest BCUT2D eigenvalue weighted by Crippen LogP contribution is -2.41. The summed E-state index contributed by atoms with van der Waals surface area (Å²) in [6.07, 6.45) is 12.8. The third kappa shape index (κ3) is 5.93. The van der Waals surface area contributed by atoms with Gasteiger partial charge in [-0.2, -0.15) is 0 Å². The van der Waals surface area contributed by atoms with Gasteiger partial charge in [-0.1, -0.05) is 44.9 Å². The number of allylic oxidation sites excluding steroid dienone is 2. The van der Waals surface area contributed by atoms with Gasteiger partial charge in [0.2, 0.25) is 0 Å². The maximum atomic E-state index is 11.7. The minimum absolute atomic E-state index is 0.116. The Morgan fingerprint density at radius 1 is 1.24 bits per heavy atom. The van der Waals surface area contributed by atoms with Crippen molar-refractivity contribution in [1.82, 2.24) is 0 Å². The van der Waals surface area contributed by atoms with E-state index in [4.69, 9.17) is 9.47 Å². The van der Waals surface area contributed by atoms with Crippen LogP contribution in [0.4, 0.5) is 0 Å². The Kier molecular flexibility index (Phi) is 8.34. The quantitative estimate of drug-likeness (QED) is 0.450. The van der Waals surface area contributed by atoms with Crippen LogP contribution in [0.5, 0.6) is 0 Å². The van der Waals surface area contributed by atoms with Crippen LogP contribution in [0.25, 0.3) is 0 Å². The number of carbonyl (C=O) groups is 1. The predicted octanol–water partition coefficient (Wildman–Crippen LogP) is 3.79. The minimum Gasteiger partial charge on any atom is -0.462 e. The van der Waals surface area contributed by atoms with E-state index in [1.54, 1.807) is 0 Å². The lowest BCUT2D eigenvalue weighted by Gasteiger charge is -2.44. The molecule has 3 aliphatic rings. The second kappa shape index (κ2) is 10.7. The molecule has 1 fully saturated rings. The first-order valence-electron chi connectivity index (χ1n) is 11.5. The maximum absolute atomic E-state index is 11.7. The number of esters is 1. The van der Waals surface area contributed by atoms with Gasteiger partial charge in [-0.25, -0.2) is 0 Å². The van der Waals surface area contributed by atoms with Crippen LogP contribution in [0, 0.1) is 23.7 Å². The van der Waals surface area contributed by atoms with Crippen molar-refractivity contribution in [3.8, 4) is 0 Å². The van der Waals surface area contributed by atoms with Crippen molar-refractivity contribution in [1.29, 1.82) is 0 Å². The third-order valence-electron chi connectivity index (χ3n) is 6.85. The summed E-state index contributed by atoms with van der Waals surface area (Å²) in [6.45, 7) is 5.39. The van der Waals surface area contributed by atoms with Gasteiger partial charge in [0.25, 0.3) is 0 Å². The minimum atomic E-state index is -0.574. The van der Waals surface area contributed by atoms with Gasteiger partial charge >= 0.3 is 5.97 Å². The number of aliphatic hydroxyl groups is 2. The second-order valence-electron chi connectivity index (χ2n) is 9.15. The maximum Gasteiger partial charge on any atom is 0.308 e. The highest BCUT2D eigenvalue weighted by Crippen LogP contribution is 2.45. The fraction of sp³-hybridized carbons (Fsp3) is 0.792. The van der Waals surface area contributed by atoms with Gasteiger partial charge < -0.3 is 19.7 Å². The molecule has 0 amide bonds. The average Bonchev–Trinajstić information content (AvgIpc) is 2.69. The number of ether oxygens (including phenoxy) is 2. The molecule has 0 spiro atoms. The van der Waals surface area contributed by atoms with E-state index >= 15 is 0 Å². The number of cyclic esters (lactones) is 1. The van der Waals surface area contributed by atoms with Crippen LogP contribution < -0.4 is 0 Å². The van der Waals surface area contributed by atoms with Gasteiger partial charge in [-0.3, -0.25) is 4.79 Å². The molecular formula is C24H38O5. The normalized spacial score (nSPS) is 37.0. The second-order valence-corrected chi connectivity index (χ2v) is 9.15. The SMILES string of the molecule is CCCCCO[C@H]1C[C@H](CO)C=C2C=C[C@H](C)[C@H](CC[C@@H]3C[C@@H](O)CC(=O)O3)[C@H]21. The van der Waals surface area contributed by atoms with Crippen molar-refractivity contribution in [3.63, 3.8) is 0 Å². The number of rotatable bonds is 9. The highest BCUT2D eigenvalue weighted by atomic mass is 16.5. The molecule has 29 heavy (non-hydrogen) atoms. The van der Waals surface area contributed by atoms with Gasteiger partial charge in [0.15, 0.2) is 0 Å². The van der Waals surface area contributed by atoms with E-state index in [1.165, 1.54) is 18.4 Å². The summed E-state index contributed by atoms with van der Waals surface area (Å²) < 4.78 is 11.9. The first-order valence-corrected chi connectivity index (χ1v) is 11.5. The molecule has 0 aromatic heterocycles. The van der Waals surface area contributed by atoms with Gasteiger partial charge in [0.05, 0.1) is 18.6 Å². The van der Waals surface area contributed by atoms with E-state index in [9.17, 15) is 15.0 Å². The van der Waals surface area contributed by atoms with E-state index in [2.05, 4.69) is 32.1 Å². The Balaban J connectivity index is 1.69. The molecular weight excluding hydrogens is 368 g/mol. The molecule has 5 nitrogen and oxygen atoms in total. The van der Waals surface area contributed by atoms with Gasteiger partial charge in [-0.05, 0) is 43.1 Å². The van der Waals surface area contributed by atoms with Crippen LogP contribution in [0.15, 0.2) is 23.8 Å². The molecule has 1 heterocycles. The highest BCUT2D eigenvalue weighted by Gasteiger charge is 2.41. The molecule has 0 radical (unpaired) electrons. The monoisotopic (exact) mass is 406 g/mol. The molecule has 0 saturated carbocycles. The van der Waals surface area contributed by atoms with E-state index in [-0.39, 0.29) is 37.1 Å². The summed E-state index contributed by atoms with van der Waals surface area (Å²) in [5, 5.41) is 19.7. The zero-order valence-corrected chi connectivity index (χ0v) is 18.0. The van der Waals surface area contributed by atoms with Crippen molar-refractivity contribution in [2.45, 2.75) is 83.5 Å². The summed E-state index contributed by atoms with van der Waals surface area (Å²) in [6, 6.07) is 0. The van der Waals surface area contributed by atoms with Gasteiger partial charge in [-0.15, -0.1) is 0 Å². The molecule has 3 rings (SSSR count). The molecule has 7 atom stereocenters. The van der Waals surface area contributed by atoms with Crippen LogP contribution in [0.3, 0.4) is 0 Å². The van der Waals surface area contributed by atoms with E-state index < -0.39 is 6.10 Å². The zero-order valence-electron chi connectivity index (χ0n) is 18.0.